The molecule has 94 valence electrons. The number of benzene rings is 1. The molecule has 0 aliphatic carbocycles. The summed E-state index contributed by atoms with van der Waals surface area (Å²) in [6.07, 6.45) is 3.20. The molecule has 2 aromatic rings. The third-order valence-corrected chi connectivity index (χ3v) is 3.19. The van der Waals surface area contributed by atoms with Gasteiger partial charge in [0.2, 0.25) is 0 Å². The smallest absolute Gasteiger partial charge is 0.256 e. The summed E-state index contributed by atoms with van der Waals surface area (Å²) >= 11 is 0. The van der Waals surface area contributed by atoms with E-state index in [1.807, 2.05) is 30.3 Å². The number of nitrogens with zero attached hydrogens (tertiary/aromatic N) is 2. The van der Waals surface area contributed by atoms with Crippen LogP contribution in [0.5, 0.6) is 0 Å². The average molecular weight is 263 g/mol. The van der Waals surface area contributed by atoms with Gasteiger partial charge in [-0.05, 0) is 11.6 Å². The molecule has 0 amide bonds. The number of nitrogens with one attached hydrogen (secondary N) is 1. The standard InChI is InChI=1S/C12H13N3O2S/c1-15-9-7-12(13-15)14-18(16,17)10-8-11-5-3-2-4-6-11/h2-10H,1H3,(H,13,14). The predicted molar refractivity (Wildman–Crippen MR) is 71.2 cm³/mol. The second kappa shape index (κ2) is 5.05. The highest BCUT2D eigenvalue weighted by atomic mass is 32.2. The monoisotopic (exact) mass is 263 g/mol. The Kier molecular flexibility index (Phi) is 3.47. The van der Waals surface area contributed by atoms with E-state index in [4.69, 9.17) is 0 Å². The van der Waals surface area contributed by atoms with Crippen LogP contribution in [0, 0.1) is 0 Å². The summed E-state index contributed by atoms with van der Waals surface area (Å²) in [5, 5.41) is 5.07. The molecule has 0 atom stereocenters. The van der Waals surface area contributed by atoms with Crippen LogP contribution in [-0.2, 0) is 17.1 Å². The molecular formula is C12H13N3O2S. The molecule has 0 radical (unpaired) electrons. The van der Waals surface area contributed by atoms with Crippen molar-refractivity contribution in [2.24, 2.45) is 7.05 Å². The molecule has 0 saturated carbocycles. The van der Waals surface area contributed by atoms with Crippen LogP contribution in [0.3, 0.4) is 0 Å². The number of sulfonamides is 1. The van der Waals surface area contributed by atoms with Gasteiger partial charge in [0.05, 0.1) is 5.41 Å². The van der Waals surface area contributed by atoms with Gasteiger partial charge >= 0.3 is 0 Å². The maximum absolute atomic E-state index is 11.7. The third kappa shape index (κ3) is 3.46. The number of rotatable bonds is 4. The summed E-state index contributed by atoms with van der Waals surface area (Å²) < 4.78 is 27.4. The van der Waals surface area contributed by atoms with Crippen molar-refractivity contribution >= 4 is 21.9 Å². The zero-order valence-corrected chi connectivity index (χ0v) is 10.6. The van der Waals surface area contributed by atoms with E-state index in [0.717, 1.165) is 11.0 Å². The fraction of sp³-hybridized carbons (Fsp3) is 0.0833. The molecule has 1 heterocycles. The van der Waals surface area contributed by atoms with Gasteiger partial charge in [0, 0.05) is 19.3 Å². The Morgan fingerprint density at radius 3 is 2.56 bits per heavy atom. The van der Waals surface area contributed by atoms with E-state index in [1.165, 1.54) is 10.8 Å². The lowest BCUT2D eigenvalue weighted by atomic mass is 10.2. The molecule has 5 nitrogen and oxygen atoms in total. The van der Waals surface area contributed by atoms with Gasteiger partial charge in [-0.3, -0.25) is 9.40 Å². The van der Waals surface area contributed by atoms with Crippen molar-refractivity contribution in [1.82, 2.24) is 9.78 Å². The van der Waals surface area contributed by atoms with Crippen LogP contribution in [0.1, 0.15) is 5.56 Å². The van der Waals surface area contributed by atoms with E-state index in [0.29, 0.717) is 5.82 Å². The fourth-order valence-corrected chi connectivity index (χ4v) is 2.19. The summed E-state index contributed by atoms with van der Waals surface area (Å²) in [6.45, 7) is 0. The van der Waals surface area contributed by atoms with Crippen LogP contribution in [0.2, 0.25) is 0 Å². The third-order valence-electron chi connectivity index (χ3n) is 2.20. The van der Waals surface area contributed by atoms with Crippen molar-refractivity contribution < 1.29 is 8.42 Å². The van der Waals surface area contributed by atoms with Crippen molar-refractivity contribution in [3.63, 3.8) is 0 Å². The quantitative estimate of drug-likeness (QED) is 0.915. The Morgan fingerprint density at radius 2 is 1.94 bits per heavy atom. The van der Waals surface area contributed by atoms with Gasteiger partial charge in [-0.15, -0.1) is 0 Å². The van der Waals surface area contributed by atoms with Crippen LogP contribution >= 0.6 is 0 Å². The Hall–Kier alpha value is -2.08. The molecule has 0 aliphatic heterocycles. The number of hydrogen-bond acceptors (Lipinski definition) is 3. The van der Waals surface area contributed by atoms with E-state index >= 15 is 0 Å². The molecule has 0 unspecified atom stereocenters. The molecule has 1 N–H and O–H groups in total. The number of aromatic nitrogens is 2. The lowest BCUT2D eigenvalue weighted by molar-refractivity contribution is 0.609. The molecule has 6 heteroatoms. The Morgan fingerprint density at radius 1 is 1.22 bits per heavy atom. The van der Waals surface area contributed by atoms with E-state index in [1.54, 1.807) is 19.3 Å². The zero-order chi connectivity index (χ0) is 13.0. The number of hydrogen-bond donors (Lipinski definition) is 1. The highest BCUT2D eigenvalue weighted by Gasteiger charge is 2.07. The number of aryl methyl sites for hydroxylation is 1. The van der Waals surface area contributed by atoms with Crippen molar-refractivity contribution in [2.45, 2.75) is 0 Å². The summed E-state index contributed by atoms with van der Waals surface area (Å²) in [6, 6.07) is 10.8. The first-order valence-corrected chi connectivity index (χ1v) is 6.85. The molecule has 2 rings (SSSR count). The van der Waals surface area contributed by atoms with Gasteiger partial charge in [0.15, 0.2) is 5.82 Å². The van der Waals surface area contributed by atoms with E-state index in [2.05, 4.69) is 9.82 Å². The molecule has 1 aromatic carbocycles. The first kappa shape index (κ1) is 12.4. The second-order valence-corrected chi connectivity index (χ2v) is 5.30. The highest BCUT2D eigenvalue weighted by Crippen LogP contribution is 2.08. The lowest BCUT2D eigenvalue weighted by Crippen LogP contribution is -2.09. The molecular weight excluding hydrogens is 250 g/mol. The largest absolute Gasteiger partial charge is 0.274 e. The summed E-state index contributed by atoms with van der Waals surface area (Å²) in [7, 11) is -1.81. The summed E-state index contributed by atoms with van der Waals surface area (Å²) in [5.41, 5.74) is 0.823. The second-order valence-electron chi connectivity index (χ2n) is 3.74. The van der Waals surface area contributed by atoms with E-state index in [9.17, 15) is 8.42 Å². The summed E-state index contributed by atoms with van der Waals surface area (Å²) in [4.78, 5) is 0. The zero-order valence-electron chi connectivity index (χ0n) is 9.82. The first-order valence-electron chi connectivity index (χ1n) is 5.31. The van der Waals surface area contributed by atoms with Crippen molar-refractivity contribution in [3.05, 3.63) is 53.6 Å². The summed E-state index contributed by atoms with van der Waals surface area (Å²) in [5.74, 6) is 0.301. The molecule has 18 heavy (non-hydrogen) atoms. The Balaban J connectivity index is 2.10. The van der Waals surface area contributed by atoms with Crippen LogP contribution in [0.25, 0.3) is 6.08 Å². The van der Waals surface area contributed by atoms with Gasteiger partial charge in [0.1, 0.15) is 0 Å². The van der Waals surface area contributed by atoms with Gasteiger partial charge in [-0.2, -0.15) is 5.10 Å². The van der Waals surface area contributed by atoms with Crippen LogP contribution in [0.4, 0.5) is 5.82 Å². The van der Waals surface area contributed by atoms with Crippen LogP contribution in [-0.4, -0.2) is 18.2 Å². The molecule has 1 aromatic heterocycles. The SMILES string of the molecule is Cn1ccc(NS(=O)(=O)C=Cc2ccccc2)n1. The highest BCUT2D eigenvalue weighted by molar-refractivity contribution is 7.95. The van der Waals surface area contributed by atoms with Crippen LogP contribution < -0.4 is 4.72 Å². The van der Waals surface area contributed by atoms with Crippen molar-refractivity contribution in [2.75, 3.05) is 4.72 Å². The Labute approximate surface area is 106 Å². The van der Waals surface area contributed by atoms with Crippen molar-refractivity contribution in [3.8, 4) is 0 Å². The van der Waals surface area contributed by atoms with E-state index in [-0.39, 0.29) is 0 Å². The molecule has 0 aliphatic rings. The molecule has 0 fully saturated rings. The maximum atomic E-state index is 11.7. The topological polar surface area (TPSA) is 64.0 Å². The molecule has 0 saturated heterocycles. The minimum absolute atomic E-state index is 0.301. The number of anilines is 1. The van der Waals surface area contributed by atoms with Gasteiger partial charge in [-0.25, -0.2) is 8.42 Å². The average Bonchev–Trinajstić information content (AvgIpc) is 2.73. The minimum Gasteiger partial charge on any atom is -0.274 e. The van der Waals surface area contributed by atoms with Gasteiger partial charge in [0.25, 0.3) is 10.0 Å². The molecule has 0 spiro atoms. The molecule has 0 bridgehead atoms. The first-order chi connectivity index (χ1) is 8.55. The predicted octanol–water partition coefficient (Wildman–Crippen LogP) is 1.83. The van der Waals surface area contributed by atoms with Crippen molar-refractivity contribution in [1.29, 1.82) is 0 Å². The van der Waals surface area contributed by atoms with E-state index < -0.39 is 10.0 Å². The van der Waals surface area contributed by atoms with Crippen LogP contribution in [0.15, 0.2) is 48.0 Å². The fourth-order valence-electron chi connectivity index (χ4n) is 1.38. The minimum atomic E-state index is -3.53. The normalized spacial score (nSPS) is 11.8. The Bertz CT molecular complexity index is 645. The van der Waals surface area contributed by atoms with Gasteiger partial charge < -0.3 is 0 Å². The maximum Gasteiger partial charge on any atom is 0.256 e. The van der Waals surface area contributed by atoms with Gasteiger partial charge in [-0.1, -0.05) is 30.3 Å². The lowest BCUT2D eigenvalue weighted by Gasteiger charge is -1.99.